The summed E-state index contributed by atoms with van der Waals surface area (Å²) in [6, 6.07) is 1.52. The van der Waals surface area contributed by atoms with Crippen molar-refractivity contribution in [3.8, 4) is 0 Å². The lowest BCUT2D eigenvalue weighted by Crippen LogP contribution is -2.39. The van der Waals surface area contributed by atoms with E-state index in [1.54, 1.807) is 0 Å². The number of nitrogens with zero attached hydrogens (tertiary/aromatic N) is 1. The fourth-order valence-electron chi connectivity index (χ4n) is 2.40. The molecule has 0 radical (unpaired) electrons. The van der Waals surface area contributed by atoms with Gasteiger partial charge in [-0.2, -0.15) is 0 Å². The summed E-state index contributed by atoms with van der Waals surface area (Å²) in [5.41, 5.74) is 0. The van der Waals surface area contributed by atoms with Gasteiger partial charge >= 0.3 is 0 Å². The zero-order valence-electron chi connectivity index (χ0n) is 8.46. The van der Waals surface area contributed by atoms with Gasteiger partial charge in [-0.05, 0) is 26.3 Å². The van der Waals surface area contributed by atoms with Gasteiger partial charge in [-0.25, -0.2) is 0 Å². The molecule has 0 aromatic rings. The van der Waals surface area contributed by atoms with Crippen LogP contribution in [-0.4, -0.2) is 50.3 Å². The van der Waals surface area contributed by atoms with Crippen LogP contribution in [0.5, 0.6) is 0 Å². The van der Waals surface area contributed by atoms with Crippen LogP contribution < -0.4 is 5.32 Å². The smallest absolute Gasteiger partial charge is 0.0480 e. The van der Waals surface area contributed by atoms with Gasteiger partial charge in [0.25, 0.3) is 0 Å². The normalized spacial score (nSPS) is 32.5. The van der Waals surface area contributed by atoms with Crippen molar-refractivity contribution in [2.75, 3.05) is 33.4 Å². The molecule has 0 saturated carbocycles. The predicted octanol–water partition coefficient (Wildman–Crippen LogP) is 0.459. The van der Waals surface area contributed by atoms with Crippen LogP contribution in [0, 0.1) is 0 Å². The number of ether oxygens (including phenoxy) is 1. The van der Waals surface area contributed by atoms with E-state index in [1.807, 2.05) is 0 Å². The Morgan fingerprint density at radius 2 is 2.00 bits per heavy atom. The summed E-state index contributed by atoms with van der Waals surface area (Å²) < 4.78 is 5.37. The van der Waals surface area contributed by atoms with E-state index in [2.05, 4.69) is 17.3 Å². The van der Waals surface area contributed by atoms with Gasteiger partial charge in [0.05, 0.1) is 0 Å². The zero-order valence-corrected chi connectivity index (χ0v) is 8.46. The van der Waals surface area contributed by atoms with Crippen LogP contribution in [0.1, 0.15) is 19.3 Å². The molecule has 3 nitrogen and oxygen atoms in total. The third kappa shape index (κ3) is 2.22. The molecule has 1 N–H and O–H groups in total. The summed E-state index contributed by atoms with van der Waals surface area (Å²) in [4.78, 5) is 2.63. The van der Waals surface area contributed by atoms with Gasteiger partial charge < -0.3 is 10.1 Å². The van der Waals surface area contributed by atoms with Crippen molar-refractivity contribution in [1.82, 2.24) is 10.2 Å². The standard InChI is InChI=1S/C10H20N2O/c1-11-9-2-5-12(8-9)10-3-6-13-7-4-10/h9-11H,2-8H2,1H3. The van der Waals surface area contributed by atoms with Crippen LogP contribution in [0.2, 0.25) is 0 Å². The maximum Gasteiger partial charge on any atom is 0.0480 e. The van der Waals surface area contributed by atoms with Crippen molar-refractivity contribution >= 4 is 0 Å². The van der Waals surface area contributed by atoms with E-state index in [9.17, 15) is 0 Å². The molecule has 2 heterocycles. The van der Waals surface area contributed by atoms with Crippen molar-refractivity contribution in [2.24, 2.45) is 0 Å². The molecule has 0 bridgehead atoms. The second kappa shape index (κ2) is 4.40. The van der Waals surface area contributed by atoms with E-state index in [0.717, 1.165) is 25.3 Å². The maximum absolute atomic E-state index is 5.37. The van der Waals surface area contributed by atoms with E-state index < -0.39 is 0 Å². The van der Waals surface area contributed by atoms with Crippen LogP contribution in [0.3, 0.4) is 0 Å². The molecule has 2 saturated heterocycles. The Balaban J connectivity index is 1.80. The molecule has 2 rings (SSSR count). The third-order valence-corrected chi connectivity index (χ3v) is 3.34. The minimum atomic E-state index is 0.725. The van der Waals surface area contributed by atoms with E-state index in [4.69, 9.17) is 4.74 Å². The number of hydrogen-bond acceptors (Lipinski definition) is 3. The van der Waals surface area contributed by atoms with Gasteiger partial charge in [0, 0.05) is 38.4 Å². The van der Waals surface area contributed by atoms with Crippen LogP contribution >= 0.6 is 0 Å². The maximum atomic E-state index is 5.37. The number of nitrogens with one attached hydrogen (secondary N) is 1. The number of likely N-dealkylation sites (N-methyl/N-ethyl adjacent to an activating group) is 1. The number of hydrogen-bond donors (Lipinski definition) is 1. The Labute approximate surface area is 80.4 Å². The van der Waals surface area contributed by atoms with Crippen molar-refractivity contribution in [3.63, 3.8) is 0 Å². The van der Waals surface area contributed by atoms with Gasteiger partial charge in [0.15, 0.2) is 0 Å². The van der Waals surface area contributed by atoms with Gasteiger partial charge in [0.1, 0.15) is 0 Å². The fourth-order valence-corrected chi connectivity index (χ4v) is 2.40. The molecule has 0 amide bonds. The first-order valence-electron chi connectivity index (χ1n) is 5.39. The molecule has 2 aliphatic heterocycles. The largest absolute Gasteiger partial charge is 0.381 e. The molecular weight excluding hydrogens is 164 g/mol. The van der Waals surface area contributed by atoms with Gasteiger partial charge in [-0.15, -0.1) is 0 Å². The van der Waals surface area contributed by atoms with Crippen LogP contribution in [0.25, 0.3) is 0 Å². The first kappa shape index (κ1) is 9.44. The van der Waals surface area contributed by atoms with Crippen molar-refractivity contribution in [2.45, 2.75) is 31.3 Å². The van der Waals surface area contributed by atoms with Crippen molar-refractivity contribution in [3.05, 3.63) is 0 Å². The van der Waals surface area contributed by atoms with Crippen molar-refractivity contribution in [1.29, 1.82) is 0 Å². The van der Waals surface area contributed by atoms with E-state index in [1.165, 1.54) is 32.4 Å². The van der Waals surface area contributed by atoms with E-state index >= 15 is 0 Å². The summed E-state index contributed by atoms with van der Waals surface area (Å²) in [6.45, 7) is 4.44. The Kier molecular flexibility index (Phi) is 3.19. The molecule has 0 aromatic heterocycles. The molecular formula is C10H20N2O. The quantitative estimate of drug-likeness (QED) is 0.675. The summed E-state index contributed by atoms with van der Waals surface area (Å²) in [5.74, 6) is 0. The Bertz CT molecular complexity index is 157. The Morgan fingerprint density at radius 1 is 1.23 bits per heavy atom. The highest BCUT2D eigenvalue weighted by Gasteiger charge is 2.28. The van der Waals surface area contributed by atoms with Crippen molar-refractivity contribution < 1.29 is 4.74 Å². The SMILES string of the molecule is CNC1CCN(C2CCOCC2)C1. The molecule has 2 aliphatic rings. The highest BCUT2D eigenvalue weighted by Crippen LogP contribution is 2.19. The molecule has 1 atom stereocenters. The molecule has 76 valence electrons. The topological polar surface area (TPSA) is 24.5 Å². The van der Waals surface area contributed by atoms with Gasteiger partial charge in [0.2, 0.25) is 0 Å². The average molecular weight is 184 g/mol. The lowest BCUT2D eigenvalue weighted by molar-refractivity contribution is 0.0417. The Morgan fingerprint density at radius 3 is 2.62 bits per heavy atom. The lowest BCUT2D eigenvalue weighted by Gasteiger charge is -2.30. The van der Waals surface area contributed by atoms with E-state index in [-0.39, 0.29) is 0 Å². The number of likely N-dealkylation sites (tertiary alicyclic amines) is 1. The predicted molar refractivity (Wildman–Crippen MR) is 52.9 cm³/mol. The number of rotatable bonds is 2. The first-order valence-corrected chi connectivity index (χ1v) is 5.39. The minimum absolute atomic E-state index is 0.725. The van der Waals surface area contributed by atoms with Crippen LogP contribution in [0.4, 0.5) is 0 Å². The van der Waals surface area contributed by atoms with Crippen LogP contribution in [-0.2, 0) is 4.74 Å². The second-order valence-corrected chi connectivity index (χ2v) is 4.11. The monoisotopic (exact) mass is 184 g/mol. The molecule has 2 fully saturated rings. The Hall–Kier alpha value is -0.120. The highest BCUT2D eigenvalue weighted by atomic mass is 16.5. The van der Waals surface area contributed by atoms with Crippen LogP contribution in [0.15, 0.2) is 0 Å². The molecule has 0 spiro atoms. The minimum Gasteiger partial charge on any atom is -0.381 e. The highest BCUT2D eigenvalue weighted by molar-refractivity contribution is 4.85. The van der Waals surface area contributed by atoms with Gasteiger partial charge in [-0.1, -0.05) is 0 Å². The second-order valence-electron chi connectivity index (χ2n) is 4.11. The zero-order chi connectivity index (χ0) is 9.10. The lowest BCUT2D eigenvalue weighted by atomic mass is 10.1. The molecule has 0 aromatic carbocycles. The fraction of sp³-hybridized carbons (Fsp3) is 1.00. The molecule has 1 unspecified atom stereocenters. The molecule has 13 heavy (non-hydrogen) atoms. The average Bonchev–Trinajstić information content (AvgIpc) is 2.67. The summed E-state index contributed by atoms with van der Waals surface area (Å²) in [5, 5.41) is 3.36. The summed E-state index contributed by atoms with van der Waals surface area (Å²) in [7, 11) is 2.07. The first-order chi connectivity index (χ1) is 6.40. The van der Waals surface area contributed by atoms with Gasteiger partial charge in [-0.3, -0.25) is 4.90 Å². The summed E-state index contributed by atoms with van der Waals surface area (Å²) >= 11 is 0. The summed E-state index contributed by atoms with van der Waals surface area (Å²) in [6.07, 6.45) is 3.78. The third-order valence-electron chi connectivity index (χ3n) is 3.34. The molecule has 0 aliphatic carbocycles. The van der Waals surface area contributed by atoms with E-state index in [0.29, 0.717) is 0 Å². The molecule has 3 heteroatoms.